The minimum Gasteiger partial charge on any atom is -0.314 e. The number of nitrogens with one attached hydrogen (secondary N) is 1. The molecule has 1 aliphatic rings. The molecule has 1 aromatic carbocycles. The quantitative estimate of drug-likeness (QED) is 0.893. The Balaban J connectivity index is 2.30. The second-order valence-corrected chi connectivity index (χ2v) is 6.24. The first kappa shape index (κ1) is 14.5. The van der Waals surface area contributed by atoms with Crippen molar-refractivity contribution in [1.82, 2.24) is 10.2 Å². The van der Waals surface area contributed by atoms with Crippen LogP contribution in [-0.4, -0.2) is 31.1 Å². The van der Waals surface area contributed by atoms with Crippen LogP contribution in [0.15, 0.2) is 18.2 Å². The first-order valence-corrected chi connectivity index (χ1v) is 7.60. The van der Waals surface area contributed by atoms with Crippen LogP contribution in [0.5, 0.6) is 0 Å². The number of hydrogen-bond donors (Lipinski definition) is 1. The fourth-order valence-corrected chi connectivity index (χ4v) is 3.24. The zero-order chi connectivity index (χ0) is 13.8. The monoisotopic (exact) mass is 260 g/mol. The molecule has 0 spiro atoms. The lowest BCUT2D eigenvalue weighted by Gasteiger charge is -2.37. The van der Waals surface area contributed by atoms with Crippen LogP contribution >= 0.6 is 0 Å². The summed E-state index contributed by atoms with van der Waals surface area (Å²) in [7, 11) is 0. The summed E-state index contributed by atoms with van der Waals surface area (Å²) in [5.74, 6) is 0.735. The summed E-state index contributed by atoms with van der Waals surface area (Å²) in [4.78, 5) is 2.67. The number of nitrogens with zero attached hydrogens (tertiary/aromatic N) is 1. The molecule has 1 heterocycles. The number of piperazine rings is 1. The molecule has 2 rings (SSSR count). The van der Waals surface area contributed by atoms with Crippen LogP contribution in [-0.2, 0) is 0 Å². The molecule has 0 amide bonds. The van der Waals surface area contributed by atoms with Crippen LogP contribution in [0.4, 0.5) is 0 Å². The van der Waals surface area contributed by atoms with Gasteiger partial charge in [0.15, 0.2) is 0 Å². The van der Waals surface area contributed by atoms with E-state index in [1.54, 1.807) is 5.56 Å². The van der Waals surface area contributed by atoms with Gasteiger partial charge in [-0.1, -0.05) is 32.0 Å². The van der Waals surface area contributed by atoms with E-state index in [1.165, 1.54) is 30.6 Å². The van der Waals surface area contributed by atoms with E-state index in [1.807, 2.05) is 0 Å². The molecule has 0 aromatic heterocycles. The van der Waals surface area contributed by atoms with Crippen LogP contribution in [0, 0.1) is 19.8 Å². The molecule has 1 atom stereocenters. The smallest absolute Gasteiger partial charge is 0.0356 e. The SMILES string of the molecule is Cc1cccc(C)c1[C@@H](CC(C)C)N1CCNCC1. The predicted octanol–water partition coefficient (Wildman–Crippen LogP) is 3.30. The van der Waals surface area contributed by atoms with Gasteiger partial charge in [0.2, 0.25) is 0 Å². The predicted molar refractivity (Wildman–Crippen MR) is 82.6 cm³/mol. The lowest BCUT2D eigenvalue weighted by atomic mass is 9.89. The molecule has 1 aromatic rings. The van der Waals surface area contributed by atoms with Gasteiger partial charge in [0.25, 0.3) is 0 Å². The fraction of sp³-hybridized carbons (Fsp3) is 0.647. The van der Waals surface area contributed by atoms with E-state index in [2.05, 4.69) is 56.1 Å². The third-order valence-corrected chi connectivity index (χ3v) is 4.16. The van der Waals surface area contributed by atoms with Gasteiger partial charge in [-0.3, -0.25) is 4.90 Å². The zero-order valence-electron chi connectivity index (χ0n) is 12.9. The van der Waals surface area contributed by atoms with Crippen LogP contribution in [0.3, 0.4) is 0 Å². The van der Waals surface area contributed by atoms with Crippen molar-refractivity contribution in [2.75, 3.05) is 26.2 Å². The van der Waals surface area contributed by atoms with E-state index < -0.39 is 0 Å². The summed E-state index contributed by atoms with van der Waals surface area (Å²) in [6.07, 6.45) is 1.26. The zero-order valence-corrected chi connectivity index (χ0v) is 12.9. The maximum atomic E-state index is 3.46. The van der Waals surface area contributed by atoms with Crippen molar-refractivity contribution in [2.24, 2.45) is 5.92 Å². The fourth-order valence-electron chi connectivity index (χ4n) is 3.24. The third-order valence-electron chi connectivity index (χ3n) is 4.16. The van der Waals surface area contributed by atoms with E-state index in [-0.39, 0.29) is 0 Å². The number of rotatable bonds is 4. The summed E-state index contributed by atoms with van der Waals surface area (Å²) in [5.41, 5.74) is 4.46. The van der Waals surface area contributed by atoms with Gasteiger partial charge < -0.3 is 5.32 Å². The highest BCUT2D eigenvalue weighted by Gasteiger charge is 2.25. The highest BCUT2D eigenvalue weighted by Crippen LogP contribution is 2.32. The molecule has 1 fully saturated rings. The Morgan fingerprint density at radius 3 is 2.21 bits per heavy atom. The summed E-state index contributed by atoms with van der Waals surface area (Å²) in [6.45, 7) is 13.8. The number of hydrogen-bond acceptors (Lipinski definition) is 2. The number of benzene rings is 1. The van der Waals surface area contributed by atoms with Crippen molar-refractivity contribution in [3.05, 3.63) is 34.9 Å². The average Bonchev–Trinajstić information content (AvgIpc) is 2.38. The van der Waals surface area contributed by atoms with E-state index in [9.17, 15) is 0 Å². The van der Waals surface area contributed by atoms with Crippen molar-refractivity contribution >= 4 is 0 Å². The summed E-state index contributed by atoms with van der Waals surface area (Å²) in [6, 6.07) is 7.29. The number of aryl methyl sites for hydroxylation is 2. The highest BCUT2D eigenvalue weighted by atomic mass is 15.2. The van der Waals surface area contributed by atoms with Gasteiger partial charge in [-0.05, 0) is 42.9 Å². The molecule has 0 saturated carbocycles. The summed E-state index contributed by atoms with van der Waals surface area (Å²) >= 11 is 0. The van der Waals surface area contributed by atoms with Gasteiger partial charge in [0, 0.05) is 32.2 Å². The van der Waals surface area contributed by atoms with E-state index >= 15 is 0 Å². The molecule has 2 heteroatoms. The first-order chi connectivity index (χ1) is 9.09. The average molecular weight is 260 g/mol. The van der Waals surface area contributed by atoms with Crippen LogP contribution in [0.2, 0.25) is 0 Å². The highest BCUT2D eigenvalue weighted by molar-refractivity contribution is 5.36. The van der Waals surface area contributed by atoms with Gasteiger partial charge in [0.05, 0.1) is 0 Å². The normalized spacial score (nSPS) is 18.8. The molecule has 1 aliphatic heterocycles. The minimum absolute atomic E-state index is 0.586. The molecule has 0 radical (unpaired) electrons. The van der Waals surface area contributed by atoms with Crippen LogP contribution in [0.1, 0.15) is 43.0 Å². The Morgan fingerprint density at radius 2 is 1.68 bits per heavy atom. The van der Waals surface area contributed by atoms with Crippen LogP contribution < -0.4 is 5.32 Å². The molecule has 2 nitrogen and oxygen atoms in total. The molecular formula is C17H28N2. The maximum Gasteiger partial charge on any atom is 0.0356 e. The van der Waals surface area contributed by atoms with Crippen LogP contribution in [0.25, 0.3) is 0 Å². The molecule has 0 bridgehead atoms. The molecule has 0 aliphatic carbocycles. The summed E-state index contributed by atoms with van der Waals surface area (Å²) in [5, 5.41) is 3.46. The van der Waals surface area contributed by atoms with E-state index in [0.29, 0.717) is 6.04 Å². The third kappa shape index (κ3) is 3.58. The van der Waals surface area contributed by atoms with Gasteiger partial charge in [-0.15, -0.1) is 0 Å². The Bertz CT molecular complexity index is 385. The Morgan fingerprint density at radius 1 is 1.11 bits per heavy atom. The summed E-state index contributed by atoms with van der Waals surface area (Å²) < 4.78 is 0. The molecule has 1 N–H and O–H groups in total. The standard InChI is InChI=1S/C17H28N2/c1-13(2)12-16(19-10-8-18-9-11-19)17-14(3)6-5-7-15(17)4/h5-7,13,16,18H,8-12H2,1-4H3/t16-/m1/s1. The van der Waals surface area contributed by atoms with Crippen molar-refractivity contribution in [3.63, 3.8) is 0 Å². The van der Waals surface area contributed by atoms with Crippen molar-refractivity contribution in [2.45, 2.75) is 40.2 Å². The first-order valence-electron chi connectivity index (χ1n) is 7.60. The second kappa shape index (κ2) is 6.53. The van der Waals surface area contributed by atoms with Crippen molar-refractivity contribution < 1.29 is 0 Å². The molecule has 19 heavy (non-hydrogen) atoms. The Hall–Kier alpha value is -0.860. The van der Waals surface area contributed by atoms with Gasteiger partial charge in [-0.25, -0.2) is 0 Å². The molecule has 1 saturated heterocycles. The lowest BCUT2D eigenvalue weighted by Crippen LogP contribution is -2.45. The topological polar surface area (TPSA) is 15.3 Å². The Labute approximate surface area is 118 Å². The Kier molecular flexibility index (Phi) is 5.00. The van der Waals surface area contributed by atoms with Gasteiger partial charge in [-0.2, -0.15) is 0 Å². The maximum absolute atomic E-state index is 3.46. The second-order valence-electron chi connectivity index (χ2n) is 6.24. The van der Waals surface area contributed by atoms with Gasteiger partial charge in [0.1, 0.15) is 0 Å². The molecule has 106 valence electrons. The largest absolute Gasteiger partial charge is 0.314 e. The van der Waals surface area contributed by atoms with E-state index in [4.69, 9.17) is 0 Å². The van der Waals surface area contributed by atoms with Crippen molar-refractivity contribution in [1.29, 1.82) is 0 Å². The lowest BCUT2D eigenvalue weighted by molar-refractivity contribution is 0.153. The molecule has 0 unspecified atom stereocenters. The molecular weight excluding hydrogens is 232 g/mol. The minimum atomic E-state index is 0.586. The van der Waals surface area contributed by atoms with E-state index in [0.717, 1.165) is 19.0 Å². The van der Waals surface area contributed by atoms with Gasteiger partial charge >= 0.3 is 0 Å². The van der Waals surface area contributed by atoms with Crippen molar-refractivity contribution in [3.8, 4) is 0 Å².